The monoisotopic (exact) mass is 476 g/mol. The van der Waals surface area contributed by atoms with E-state index in [0.717, 1.165) is 37.8 Å². The van der Waals surface area contributed by atoms with Gasteiger partial charge in [0, 0.05) is 0 Å². The Morgan fingerprint density at radius 2 is 0.933 bits per heavy atom. The van der Waals surface area contributed by atoms with E-state index < -0.39 is 35.7 Å². The molecule has 2 aromatic carbocycles. The molecular weight excluding hydrogens is 441 g/mol. The van der Waals surface area contributed by atoms with Crippen molar-refractivity contribution in [1.82, 2.24) is 0 Å². The van der Waals surface area contributed by atoms with E-state index in [0.29, 0.717) is 0 Å². The maximum Gasteiger partial charge on any atom is 0.317 e. The van der Waals surface area contributed by atoms with Gasteiger partial charge in [-0.3, -0.25) is 0 Å². The summed E-state index contributed by atoms with van der Waals surface area (Å²) in [6.45, 7) is 8.71. The Bertz CT molecular complexity index is 685. The molecule has 0 bridgehead atoms. The fourth-order valence-corrected chi connectivity index (χ4v) is 21.7. The maximum atomic E-state index is 6.57. The molecule has 1 aliphatic rings. The van der Waals surface area contributed by atoms with E-state index in [1.165, 1.54) is 11.1 Å². The second-order valence-electron chi connectivity index (χ2n) is 8.55. The SMILES string of the molecule is C[SiH]1O[Si](C)(CCCc2ccccc2)O[SiH](C)O[Si](C)(CCCc2ccccc2)O1. The second-order valence-corrected chi connectivity index (χ2v) is 20.1. The lowest BCUT2D eigenvalue weighted by molar-refractivity contribution is 0.256. The lowest BCUT2D eigenvalue weighted by Gasteiger charge is -2.41. The van der Waals surface area contributed by atoms with Gasteiger partial charge in [0.25, 0.3) is 0 Å². The predicted molar refractivity (Wildman–Crippen MR) is 133 cm³/mol. The largest absolute Gasteiger partial charge is 0.418 e. The van der Waals surface area contributed by atoms with Gasteiger partial charge in [0.05, 0.1) is 0 Å². The minimum atomic E-state index is -2.25. The van der Waals surface area contributed by atoms with E-state index >= 15 is 0 Å². The van der Waals surface area contributed by atoms with E-state index in [1.54, 1.807) is 0 Å². The summed E-state index contributed by atoms with van der Waals surface area (Å²) < 4.78 is 26.3. The molecule has 0 radical (unpaired) electrons. The standard InChI is InChI=1S/C22H36O4Si4/c1-27-23-29(3,19-11-17-21-13-7-5-8-14-21)25-28(2)26-30(4,24-27)20-12-18-22-15-9-6-10-16-22/h5-10,13-16,27-28H,11-12,17-20H2,1-4H3. The summed E-state index contributed by atoms with van der Waals surface area (Å²) in [6, 6.07) is 23.3. The molecule has 4 nitrogen and oxygen atoms in total. The van der Waals surface area contributed by atoms with E-state index in [4.69, 9.17) is 16.5 Å². The molecule has 0 amide bonds. The lowest BCUT2D eigenvalue weighted by Crippen LogP contribution is -2.57. The smallest absolute Gasteiger partial charge is 0.317 e. The van der Waals surface area contributed by atoms with E-state index in [9.17, 15) is 0 Å². The predicted octanol–water partition coefficient (Wildman–Crippen LogP) is 5.18. The summed E-state index contributed by atoms with van der Waals surface area (Å²) in [5.74, 6) is 0. The number of benzene rings is 2. The second kappa shape index (κ2) is 11.1. The zero-order valence-corrected chi connectivity index (χ0v) is 23.1. The van der Waals surface area contributed by atoms with Gasteiger partial charge in [-0.25, -0.2) is 0 Å². The third-order valence-electron chi connectivity index (χ3n) is 5.54. The van der Waals surface area contributed by atoms with Crippen molar-refractivity contribution < 1.29 is 16.5 Å². The van der Waals surface area contributed by atoms with Crippen LogP contribution in [0, 0.1) is 0 Å². The minimum absolute atomic E-state index is 0.996. The summed E-state index contributed by atoms with van der Waals surface area (Å²) in [6.07, 6.45) is 4.30. The maximum absolute atomic E-state index is 6.57. The van der Waals surface area contributed by atoms with Crippen molar-refractivity contribution in [1.29, 1.82) is 0 Å². The van der Waals surface area contributed by atoms with Crippen LogP contribution in [0.1, 0.15) is 24.0 Å². The van der Waals surface area contributed by atoms with Crippen LogP contribution in [-0.4, -0.2) is 35.7 Å². The Morgan fingerprint density at radius 3 is 1.27 bits per heavy atom. The van der Waals surface area contributed by atoms with Crippen LogP contribution in [0.5, 0.6) is 0 Å². The summed E-state index contributed by atoms with van der Waals surface area (Å²) in [7, 11) is -8.07. The van der Waals surface area contributed by atoms with Crippen molar-refractivity contribution in [2.45, 2.75) is 64.0 Å². The van der Waals surface area contributed by atoms with Crippen LogP contribution in [0.25, 0.3) is 0 Å². The molecular formula is C22H36O4Si4. The zero-order chi connectivity index (χ0) is 21.5. The molecule has 1 heterocycles. The van der Waals surface area contributed by atoms with Crippen LogP contribution < -0.4 is 0 Å². The van der Waals surface area contributed by atoms with Crippen molar-refractivity contribution in [3.8, 4) is 0 Å². The Kier molecular flexibility index (Phi) is 8.84. The molecule has 0 aliphatic carbocycles. The first-order valence-electron chi connectivity index (χ1n) is 11.1. The van der Waals surface area contributed by atoms with Gasteiger partial charge in [0.1, 0.15) is 0 Å². The normalized spacial score (nSPS) is 29.9. The van der Waals surface area contributed by atoms with Crippen LogP contribution in [0.15, 0.2) is 60.7 Å². The first-order valence-corrected chi connectivity index (χ1v) is 20.4. The highest BCUT2D eigenvalue weighted by Crippen LogP contribution is 2.28. The Balaban J connectivity index is 1.52. The van der Waals surface area contributed by atoms with Gasteiger partial charge in [0.2, 0.25) is 0 Å². The van der Waals surface area contributed by atoms with Crippen LogP contribution >= 0.6 is 0 Å². The van der Waals surface area contributed by atoms with Crippen molar-refractivity contribution in [3.63, 3.8) is 0 Å². The van der Waals surface area contributed by atoms with Crippen LogP contribution in [-0.2, 0) is 29.3 Å². The molecule has 0 aromatic heterocycles. The molecule has 3 rings (SSSR count). The molecule has 8 heteroatoms. The third-order valence-corrected chi connectivity index (χ3v) is 21.4. The van der Waals surface area contributed by atoms with Gasteiger partial charge in [-0.15, -0.1) is 0 Å². The van der Waals surface area contributed by atoms with Gasteiger partial charge >= 0.3 is 35.7 Å². The Labute approximate surface area is 187 Å². The highest BCUT2D eigenvalue weighted by Gasteiger charge is 2.44. The van der Waals surface area contributed by atoms with Crippen LogP contribution in [0.4, 0.5) is 0 Å². The van der Waals surface area contributed by atoms with E-state index in [2.05, 4.69) is 86.9 Å². The topological polar surface area (TPSA) is 36.9 Å². The highest BCUT2D eigenvalue weighted by atomic mass is 28.5. The van der Waals surface area contributed by atoms with Crippen molar-refractivity contribution in [2.75, 3.05) is 0 Å². The molecule has 0 atom stereocenters. The van der Waals surface area contributed by atoms with Crippen molar-refractivity contribution in [2.24, 2.45) is 0 Å². The Morgan fingerprint density at radius 1 is 0.600 bits per heavy atom. The Hall–Kier alpha value is -0.852. The summed E-state index contributed by atoms with van der Waals surface area (Å²) in [5.41, 5.74) is 2.75. The van der Waals surface area contributed by atoms with Gasteiger partial charge in [-0.2, -0.15) is 0 Å². The van der Waals surface area contributed by atoms with Gasteiger partial charge in [-0.1, -0.05) is 60.7 Å². The first kappa shape index (κ1) is 23.8. The average molecular weight is 477 g/mol. The fourth-order valence-electron chi connectivity index (χ4n) is 4.26. The number of rotatable bonds is 8. The molecule has 0 unspecified atom stereocenters. The minimum Gasteiger partial charge on any atom is -0.418 e. The molecule has 164 valence electrons. The van der Waals surface area contributed by atoms with Crippen molar-refractivity contribution >= 4 is 35.7 Å². The molecule has 1 fully saturated rings. The van der Waals surface area contributed by atoms with Crippen LogP contribution in [0.3, 0.4) is 0 Å². The summed E-state index contributed by atoms with van der Waals surface area (Å²) >= 11 is 0. The van der Waals surface area contributed by atoms with E-state index in [-0.39, 0.29) is 0 Å². The molecule has 0 spiro atoms. The molecule has 2 aromatic rings. The molecule has 30 heavy (non-hydrogen) atoms. The molecule has 1 saturated heterocycles. The summed E-state index contributed by atoms with van der Waals surface area (Å²) in [4.78, 5) is 0. The van der Waals surface area contributed by atoms with Gasteiger partial charge in [-0.05, 0) is 75.1 Å². The summed E-state index contributed by atoms with van der Waals surface area (Å²) in [5, 5.41) is 0. The molecule has 1 aliphatic heterocycles. The lowest BCUT2D eigenvalue weighted by atomic mass is 10.1. The number of aryl methyl sites for hydroxylation is 2. The van der Waals surface area contributed by atoms with Crippen LogP contribution in [0.2, 0.25) is 38.3 Å². The van der Waals surface area contributed by atoms with Gasteiger partial charge in [0.15, 0.2) is 0 Å². The fraction of sp³-hybridized carbons (Fsp3) is 0.455. The number of hydrogen-bond acceptors (Lipinski definition) is 4. The molecule has 0 N–H and O–H groups in total. The quantitative estimate of drug-likeness (QED) is 0.492. The van der Waals surface area contributed by atoms with E-state index in [1.807, 2.05) is 0 Å². The first-order chi connectivity index (χ1) is 14.4. The average Bonchev–Trinajstić information content (AvgIpc) is 2.68. The zero-order valence-electron chi connectivity index (χ0n) is 18.8. The number of hydrogen-bond donors (Lipinski definition) is 0. The molecule has 0 saturated carbocycles. The van der Waals surface area contributed by atoms with Crippen molar-refractivity contribution in [3.05, 3.63) is 71.8 Å². The van der Waals surface area contributed by atoms with Gasteiger partial charge < -0.3 is 16.5 Å². The third kappa shape index (κ3) is 7.68. The highest BCUT2D eigenvalue weighted by molar-refractivity contribution is 6.85.